The van der Waals surface area contributed by atoms with Gasteiger partial charge in [-0.05, 0) is 43.0 Å². The van der Waals surface area contributed by atoms with Gasteiger partial charge in [-0.2, -0.15) is 0 Å². The molecule has 7 heteroatoms. The van der Waals surface area contributed by atoms with Crippen molar-refractivity contribution in [2.24, 2.45) is 0 Å². The van der Waals surface area contributed by atoms with Crippen molar-refractivity contribution < 1.29 is 14.7 Å². The molecule has 4 nitrogen and oxygen atoms in total. The fraction of sp³-hybridized carbons (Fsp3) is 0.250. The van der Waals surface area contributed by atoms with Gasteiger partial charge in [-0.1, -0.05) is 35.3 Å². The first-order valence-corrected chi connectivity index (χ1v) is 8.43. The number of carbonyl (C=O) groups excluding carboxylic acids is 1. The topological polar surface area (TPSA) is 66.4 Å². The van der Waals surface area contributed by atoms with E-state index in [2.05, 4.69) is 5.32 Å². The summed E-state index contributed by atoms with van der Waals surface area (Å²) in [4.78, 5) is 25.1. The van der Waals surface area contributed by atoms with Gasteiger partial charge in [-0.3, -0.25) is 4.79 Å². The highest BCUT2D eigenvalue weighted by molar-refractivity contribution is 7.10. The van der Waals surface area contributed by atoms with E-state index in [1.54, 1.807) is 13.0 Å². The smallest absolute Gasteiger partial charge is 0.333 e. The maximum absolute atomic E-state index is 12.5. The first-order chi connectivity index (χ1) is 10.8. The number of halogens is 2. The summed E-state index contributed by atoms with van der Waals surface area (Å²) in [5.74, 6) is -2.00. The monoisotopic (exact) mass is 371 g/mol. The van der Waals surface area contributed by atoms with Crippen molar-refractivity contribution in [3.05, 3.63) is 56.2 Å². The zero-order chi connectivity index (χ0) is 17.2. The van der Waals surface area contributed by atoms with Crippen molar-refractivity contribution in [2.75, 3.05) is 0 Å². The van der Waals surface area contributed by atoms with Crippen LogP contribution in [-0.2, 0) is 15.1 Å². The number of benzene rings is 1. The number of hydrogen-bond donors (Lipinski definition) is 2. The second-order valence-electron chi connectivity index (χ2n) is 5.29. The first kappa shape index (κ1) is 17.8. The molecule has 0 spiro atoms. The van der Waals surface area contributed by atoms with Crippen LogP contribution in [0.15, 0.2) is 35.7 Å². The van der Waals surface area contributed by atoms with Crippen LogP contribution in [0.4, 0.5) is 0 Å². The van der Waals surface area contributed by atoms with Gasteiger partial charge in [0.15, 0.2) is 5.54 Å². The predicted molar refractivity (Wildman–Crippen MR) is 92.3 cm³/mol. The lowest BCUT2D eigenvalue weighted by molar-refractivity contribution is -0.147. The van der Waals surface area contributed by atoms with Crippen LogP contribution in [0.3, 0.4) is 0 Å². The van der Waals surface area contributed by atoms with Crippen LogP contribution in [0.25, 0.3) is 0 Å². The molecule has 0 saturated heterocycles. The summed E-state index contributed by atoms with van der Waals surface area (Å²) >= 11 is 13.3. The molecule has 23 heavy (non-hydrogen) atoms. The maximum atomic E-state index is 12.5. The number of carboxylic acids is 1. The number of aliphatic carboxylic acids is 1. The third-order valence-electron chi connectivity index (χ3n) is 3.66. The Morgan fingerprint density at radius 2 is 1.96 bits per heavy atom. The second kappa shape index (κ2) is 6.91. The predicted octanol–water partition coefficient (Wildman–Crippen LogP) is 4.27. The Kier molecular flexibility index (Phi) is 5.34. The Morgan fingerprint density at radius 3 is 2.48 bits per heavy atom. The SMILES string of the molecule is CC(C(=O)NC(C)(C(=O)O)c1ccc(Cl)c(Cl)c1)c1cccs1. The average molecular weight is 372 g/mol. The zero-order valence-electron chi connectivity index (χ0n) is 12.5. The Morgan fingerprint density at radius 1 is 1.26 bits per heavy atom. The summed E-state index contributed by atoms with van der Waals surface area (Å²) in [6, 6.07) is 8.19. The van der Waals surface area contributed by atoms with E-state index in [4.69, 9.17) is 23.2 Å². The molecule has 0 aliphatic carbocycles. The van der Waals surface area contributed by atoms with Gasteiger partial charge < -0.3 is 10.4 Å². The molecule has 0 saturated carbocycles. The minimum absolute atomic E-state index is 0.234. The van der Waals surface area contributed by atoms with E-state index in [1.165, 1.54) is 30.4 Å². The summed E-state index contributed by atoms with van der Waals surface area (Å²) in [5.41, 5.74) is -1.25. The van der Waals surface area contributed by atoms with Crippen molar-refractivity contribution in [3.63, 3.8) is 0 Å². The summed E-state index contributed by atoms with van der Waals surface area (Å²) in [6.07, 6.45) is 0. The third kappa shape index (κ3) is 3.68. The standard InChI is InChI=1S/C16H15Cl2NO3S/c1-9(13-4-3-7-23-13)14(20)19-16(2,15(21)22)10-5-6-11(17)12(18)8-10/h3-9H,1-2H3,(H,19,20)(H,21,22). The van der Waals surface area contributed by atoms with Gasteiger partial charge in [0.2, 0.25) is 5.91 Å². The van der Waals surface area contributed by atoms with Crippen molar-refractivity contribution >= 4 is 46.4 Å². The summed E-state index contributed by atoms with van der Waals surface area (Å²) in [6.45, 7) is 3.16. The van der Waals surface area contributed by atoms with Crippen LogP contribution >= 0.6 is 34.5 Å². The number of amides is 1. The van der Waals surface area contributed by atoms with Crippen LogP contribution in [0.5, 0.6) is 0 Å². The molecule has 2 unspecified atom stereocenters. The lowest BCUT2D eigenvalue weighted by atomic mass is 9.91. The van der Waals surface area contributed by atoms with Crippen molar-refractivity contribution in [1.29, 1.82) is 0 Å². The Hall–Kier alpha value is -1.56. The lowest BCUT2D eigenvalue weighted by Gasteiger charge is -2.28. The number of hydrogen-bond acceptors (Lipinski definition) is 3. The maximum Gasteiger partial charge on any atom is 0.333 e. The number of rotatable bonds is 5. The van der Waals surface area contributed by atoms with Gasteiger partial charge in [0.1, 0.15) is 0 Å². The highest BCUT2D eigenvalue weighted by Crippen LogP contribution is 2.30. The Bertz CT molecular complexity index is 733. The minimum Gasteiger partial charge on any atom is -0.479 e. The molecule has 2 aromatic rings. The van der Waals surface area contributed by atoms with Gasteiger partial charge in [0.05, 0.1) is 16.0 Å². The quantitative estimate of drug-likeness (QED) is 0.824. The van der Waals surface area contributed by atoms with E-state index < -0.39 is 17.4 Å². The summed E-state index contributed by atoms with van der Waals surface area (Å²) in [7, 11) is 0. The van der Waals surface area contributed by atoms with Gasteiger partial charge in [-0.25, -0.2) is 4.79 Å². The van der Waals surface area contributed by atoms with E-state index >= 15 is 0 Å². The molecule has 1 amide bonds. The normalized spacial score (nSPS) is 14.8. The van der Waals surface area contributed by atoms with Crippen LogP contribution < -0.4 is 5.32 Å². The van der Waals surface area contributed by atoms with Gasteiger partial charge >= 0.3 is 5.97 Å². The molecular weight excluding hydrogens is 357 g/mol. The van der Waals surface area contributed by atoms with Crippen molar-refractivity contribution in [3.8, 4) is 0 Å². The fourth-order valence-electron chi connectivity index (χ4n) is 2.08. The number of carbonyl (C=O) groups is 2. The molecular formula is C16H15Cl2NO3S. The summed E-state index contributed by atoms with van der Waals surface area (Å²) in [5, 5.41) is 14.7. The first-order valence-electron chi connectivity index (χ1n) is 6.80. The largest absolute Gasteiger partial charge is 0.479 e. The fourth-order valence-corrected chi connectivity index (χ4v) is 3.16. The van der Waals surface area contributed by atoms with Gasteiger partial charge in [0.25, 0.3) is 0 Å². The van der Waals surface area contributed by atoms with Crippen molar-refractivity contribution in [1.82, 2.24) is 5.32 Å². The van der Waals surface area contributed by atoms with E-state index in [0.29, 0.717) is 10.6 Å². The third-order valence-corrected chi connectivity index (χ3v) is 5.46. The molecule has 2 N–H and O–H groups in total. The Labute approximate surface area is 148 Å². The molecule has 0 radical (unpaired) electrons. The highest BCUT2D eigenvalue weighted by Gasteiger charge is 2.38. The summed E-state index contributed by atoms with van der Waals surface area (Å²) < 4.78 is 0. The molecule has 2 atom stereocenters. The average Bonchev–Trinajstić information content (AvgIpc) is 3.03. The molecule has 1 aromatic carbocycles. The molecule has 0 aliphatic rings. The molecule has 122 valence electrons. The van der Waals surface area contributed by atoms with Crippen LogP contribution in [0, 0.1) is 0 Å². The molecule has 2 rings (SSSR count). The second-order valence-corrected chi connectivity index (χ2v) is 7.08. The zero-order valence-corrected chi connectivity index (χ0v) is 14.8. The highest BCUT2D eigenvalue weighted by atomic mass is 35.5. The van der Waals surface area contributed by atoms with Crippen LogP contribution in [-0.4, -0.2) is 17.0 Å². The van der Waals surface area contributed by atoms with Gasteiger partial charge in [0, 0.05) is 4.88 Å². The van der Waals surface area contributed by atoms with Crippen LogP contribution in [0.2, 0.25) is 10.0 Å². The Balaban J connectivity index is 2.32. The molecule has 0 fully saturated rings. The van der Waals surface area contributed by atoms with Gasteiger partial charge in [-0.15, -0.1) is 11.3 Å². The van der Waals surface area contributed by atoms with Crippen LogP contribution in [0.1, 0.15) is 30.2 Å². The van der Waals surface area contributed by atoms with E-state index in [-0.39, 0.29) is 10.9 Å². The van der Waals surface area contributed by atoms with E-state index in [1.807, 2.05) is 17.5 Å². The molecule has 1 aromatic heterocycles. The van der Waals surface area contributed by atoms with E-state index in [0.717, 1.165) is 4.88 Å². The molecule has 1 heterocycles. The number of nitrogens with one attached hydrogen (secondary N) is 1. The van der Waals surface area contributed by atoms with E-state index in [9.17, 15) is 14.7 Å². The number of carboxylic acid groups (broad SMARTS) is 1. The van der Waals surface area contributed by atoms with Crippen molar-refractivity contribution in [2.45, 2.75) is 25.3 Å². The molecule has 0 aliphatic heterocycles. The minimum atomic E-state index is -1.60. The number of thiophene rings is 1. The molecule has 0 bridgehead atoms. The lowest BCUT2D eigenvalue weighted by Crippen LogP contribution is -2.50.